The number of esters is 3. The molecule has 80 heavy (non-hydrogen) atoms. The maximum atomic E-state index is 12.7. The standard InChI is InChI=1S/C38H42O2.C26H48O3.C5H8O2.C4H6/c1-4-5-6-7-8-9-10-11-12-13-16-28-19-20-31-23-34-24-32-21-29-17-14-15-18-30(29)22-33(32)25-35(34)26-36(31)37(28)40-38(39)27(2)3;1-24(2)26(28)29-23-21-19-17-15-13-11-9-7-5-4-6-8-10-12-14-16-18-20-22-25(3)27;1-4(2)5(6)7-3;1-3-4-2/h14-15,17-26H,2,4-13,16H2,1,3H3;1,4-23H2,2-3H3;1H2,2-3H3;3-4H,1-2H2. The molecule has 0 aliphatic heterocycles. The Morgan fingerprint density at radius 1 is 0.425 bits per heavy atom. The molecule has 0 aliphatic carbocycles. The summed E-state index contributed by atoms with van der Waals surface area (Å²) in [5.74, 6) is 0.0621. The lowest BCUT2D eigenvalue weighted by atomic mass is 9.95. The van der Waals surface area contributed by atoms with Crippen LogP contribution in [0.2, 0.25) is 0 Å². The Morgan fingerprint density at radius 2 is 0.800 bits per heavy atom. The number of methoxy groups -OCH3 is 1. The molecule has 0 N–H and O–H groups in total. The molecule has 0 atom stereocenters. The number of allylic oxidation sites excluding steroid dienone is 2. The molecular weight excluding hydrogens is 989 g/mol. The Morgan fingerprint density at radius 3 is 1.19 bits per heavy atom. The average Bonchev–Trinajstić information content (AvgIpc) is 3.44. The first kappa shape index (κ1) is 70.0. The molecule has 0 saturated heterocycles. The minimum atomic E-state index is -0.359. The van der Waals surface area contributed by atoms with Crippen LogP contribution in [0.4, 0.5) is 0 Å². The number of carbonyl (C=O) groups is 4. The molecule has 0 spiro atoms. The van der Waals surface area contributed by atoms with E-state index in [0.29, 0.717) is 34.9 Å². The van der Waals surface area contributed by atoms with Gasteiger partial charge >= 0.3 is 17.9 Å². The van der Waals surface area contributed by atoms with Crippen LogP contribution in [-0.2, 0) is 35.1 Å². The molecule has 0 bridgehead atoms. The molecule has 0 fully saturated rings. The quantitative estimate of drug-likeness (QED) is 0.00976. The predicted octanol–water partition coefficient (Wildman–Crippen LogP) is 21.4. The Kier molecular flexibility index (Phi) is 38.2. The topological polar surface area (TPSA) is 96.0 Å². The normalized spacial score (nSPS) is 10.6. The summed E-state index contributed by atoms with van der Waals surface area (Å²) in [6.45, 7) is 27.0. The fourth-order valence-electron chi connectivity index (χ4n) is 9.60. The number of ether oxygens (including phenoxy) is 3. The molecule has 0 aromatic heterocycles. The van der Waals surface area contributed by atoms with Crippen molar-refractivity contribution >= 4 is 66.8 Å². The summed E-state index contributed by atoms with van der Waals surface area (Å²) in [5.41, 5.74) is 2.44. The van der Waals surface area contributed by atoms with Gasteiger partial charge in [0.25, 0.3) is 0 Å². The van der Waals surface area contributed by atoms with Crippen molar-refractivity contribution < 1.29 is 33.4 Å². The largest absolute Gasteiger partial charge is 0.466 e. The van der Waals surface area contributed by atoms with Crippen LogP contribution in [0.1, 0.15) is 226 Å². The maximum absolute atomic E-state index is 12.7. The van der Waals surface area contributed by atoms with E-state index in [0.717, 1.165) is 60.2 Å². The Hall–Kier alpha value is -6.08. The number of unbranched alkanes of at least 4 members (excludes halogenated alkanes) is 26. The van der Waals surface area contributed by atoms with Gasteiger partial charge in [-0.15, -0.1) is 0 Å². The van der Waals surface area contributed by atoms with Crippen molar-refractivity contribution in [1.29, 1.82) is 0 Å². The smallest absolute Gasteiger partial charge is 0.338 e. The van der Waals surface area contributed by atoms with Crippen molar-refractivity contribution in [1.82, 2.24) is 0 Å². The fourth-order valence-corrected chi connectivity index (χ4v) is 9.60. The molecule has 0 aliphatic rings. The highest BCUT2D eigenvalue weighted by atomic mass is 16.5. The van der Waals surface area contributed by atoms with Crippen molar-refractivity contribution in [3.05, 3.63) is 140 Å². The third-order valence-corrected chi connectivity index (χ3v) is 14.4. The van der Waals surface area contributed by atoms with Gasteiger partial charge in [-0.25, -0.2) is 14.4 Å². The van der Waals surface area contributed by atoms with E-state index in [1.54, 1.807) is 39.8 Å². The van der Waals surface area contributed by atoms with Gasteiger partial charge in [-0.2, -0.15) is 0 Å². The van der Waals surface area contributed by atoms with Crippen LogP contribution < -0.4 is 4.74 Å². The van der Waals surface area contributed by atoms with Crippen molar-refractivity contribution in [3.8, 4) is 5.75 Å². The van der Waals surface area contributed by atoms with E-state index in [1.165, 1.54) is 188 Å². The Balaban J connectivity index is 0.000000478. The van der Waals surface area contributed by atoms with E-state index in [4.69, 9.17) is 9.47 Å². The summed E-state index contributed by atoms with van der Waals surface area (Å²) < 4.78 is 15.4. The molecule has 5 rings (SSSR count). The van der Waals surface area contributed by atoms with Gasteiger partial charge in [0.2, 0.25) is 0 Å². The van der Waals surface area contributed by atoms with E-state index in [-0.39, 0.29) is 17.9 Å². The minimum Gasteiger partial charge on any atom is -0.466 e. The molecular formula is C73H104O7. The number of Topliss-reactive ketones (excluding diaryl/α,β-unsaturated/α-hetero) is 1. The lowest BCUT2D eigenvalue weighted by molar-refractivity contribution is -0.139. The van der Waals surface area contributed by atoms with Crippen LogP contribution in [0.15, 0.2) is 135 Å². The van der Waals surface area contributed by atoms with Crippen molar-refractivity contribution in [3.63, 3.8) is 0 Å². The van der Waals surface area contributed by atoms with E-state index >= 15 is 0 Å². The van der Waals surface area contributed by atoms with Crippen LogP contribution in [0.3, 0.4) is 0 Å². The average molecular weight is 1090 g/mol. The summed E-state index contributed by atoms with van der Waals surface area (Å²) in [4.78, 5) is 45.0. The van der Waals surface area contributed by atoms with Crippen LogP contribution in [0.5, 0.6) is 5.75 Å². The summed E-state index contributed by atoms with van der Waals surface area (Å²) in [6, 6.07) is 26.3. The Bertz CT molecular complexity index is 2660. The number of hydrogen-bond acceptors (Lipinski definition) is 7. The highest BCUT2D eigenvalue weighted by Crippen LogP contribution is 2.37. The predicted molar refractivity (Wildman–Crippen MR) is 344 cm³/mol. The molecule has 0 saturated carbocycles. The second-order valence-electron chi connectivity index (χ2n) is 22.0. The summed E-state index contributed by atoms with van der Waals surface area (Å²) in [6.07, 6.45) is 41.5. The van der Waals surface area contributed by atoms with Crippen LogP contribution in [-0.4, -0.2) is 37.4 Å². The van der Waals surface area contributed by atoms with Gasteiger partial charge in [-0.3, -0.25) is 0 Å². The number of benzene rings is 5. The SMILES string of the molecule is C=C(C)C(=O)OC.C=C(C)C(=O)OCCCCCCCCCCCCCCCCCCCCC(C)=O.C=C(C)C(=O)Oc1c(CCCCCCCCCCCC)ccc2cc3cc4cc5ccccc5cc4cc3cc12.C=CC=C. The van der Waals surface area contributed by atoms with Crippen LogP contribution >= 0.6 is 0 Å². The van der Waals surface area contributed by atoms with Crippen LogP contribution in [0, 0.1) is 0 Å². The van der Waals surface area contributed by atoms with E-state index < -0.39 is 0 Å². The van der Waals surface area contributed by atoms with E-state index in [1.807, 2.05) is 0 Å². The summed E-state index contributed by atoms with van der Waals surface area (Å²) in [7, 11) is 1.33. The van der Waals surface area contributed by atoms with Gasteiger partial charge in [-0.05, 0) is 133 Å². The number of aryl methyl sites for hydroxylation is 1. The summed E-state index contributed by atoms with van der Waals surface area (Å²) >= 11 is 0. The monoisotopic (exact) mass is 1090 g/mol. The van der Waals surface area contributed by atoms with Gasteiger partial charge in [-0.1, -0.05) is 249 Å². The van der Waals surface area contributed by atoms with Gasteiger partial charge in [0, 0.05) is 28.5 Å². The molecule has 0 amide bonds. The zero-order chi connectivity index (χ0) is 58.8. The minimum absolute atomic E-state index is 0.262. The zero-order valence-electron chi connectivity index (χ0n) is 50.9. The number of fused-ring (bicyclic) bond motifs is 4. The lowest BCUT2D eigenvalue weighted by Crippen LogP contribution is -2.10. The lowest BCUT2D eigenvalue weighted by Gasteiger charge is -2.15. The van der Waals surface area contributed by atoms with Gasteiger partial charge in [0.1, 0.15) is 11.5 Å². The van der Waals surface area contributed by atoms with Gasteiger partial charge < -0.3 is 19.0 Å². The first-order valence-electron chi connectivity index (χ1n) is 30.7. The fraction of sp³-hybridized carbons (Fsp3) is 0.507. The van der Waals surface area contributed by atoms with E-state index in [2.05, 4.69) is 117 Å². The first-order chi connectivity index (χ1) is 38.7. The molecule has 438 valence electrons. The van der Waals surface area contributed by atoms with E-state index in [9.17, 15) is 19.2 Å². The number of carbonyl (C=O) groups excluding carboxylic acids is 4. The van der Waals surface area contributed by atoms with Crippen LogP contribution in [0.25, 0.3) is 43.1 Å². The molecule has 5 aromatic carbocycles. The molecule has 5 aromatic rings. The molecule has 0 radical (unpaired) electrons. The third kappa shape index (κ3) is 30.5. The zero-order valence-corrected chi connectivity index (χ0v) is 50.9. The number of rotatable bonds is 37. The highest BCUT2D eigenvalue weighted by Gasteiger charge is 2.16. The third-order valence-electron chi connectivity index (χ3n) is 14.4. The van der Waals surface area contributed by atoms with Crippen molar-refractivity contribution in [2.24, 2.45) is 0 Å². The van der Waals surface area contributed by atoms with Crippen molar-refractivity contribution in [2.45, 2.75) is 227 Å². The highest BCUT2D eigenvalue weighted by molar-refractivity contribution is 6.09. The molecule has 0 heterocycles. The number of hydrogen-bond donors (Lipinski definition) is 0. The number of ketones is 1. The Labute approximate surface area is 484 Å². The van der Waals surface area contributed by atoms with Crippen molar-refractivity contribution in [2.75, 3.05) is 13.7 Å². The maximum Gasteiger partial charge on any atom is 0.338 e. The second-order valence-corrected chi connectivity index (χ2v) is 22.0. The first-order valence-corrected chi connectivity index (χ1v) is 30.7. The molecule has 7 nitrogen and oxygen atoms in total. The summed E-state index contributed by atoms with van der Waals surface area (Å²) in [5, 5.41) is 9.36. The molecule has 7 heteroatoms. The second kappa shape index (κ2) is 43.7. The van der Waals surface area contributed by atoms with Gasteiger partial charge in [0.05, 0.1) is 13.7 Å². The molecule has 0 unspecified atom stereocenters. The van der Waals surface area contributed by atoms with Gasteiger partial charge in [0.15, 0.2) is 0 Å².